The van der Waals surface area contributed by atoms with E-state index in [0.29, 0.717) is 30.2 Å². The molecule has 1 aliphatic rings. The first-order chi connectivity index (χ1) is 11.5. The molecule has 1 saturated heterocycles. The Bertz CT molecular complexity index is 706. The summed E-state index contributed by atoms with van der Waals surface area (Å²) in [6, 6.07) is 9.63. The van der Waals surface area contributed by atoms with Gasteiger partial charge in [-0.15, -0.1) is 12.4 Å². The van der Waals surface area contributed by atoms with Gasteiger partial charge in [-0.1, -0.05) is 23.4 Å². The summed E-state index contributed by atoms with van der Waals surface area (Å²) in [5, 5.41) is 7.26. The first kappa shape index (κ1) is 19.4. The van der Waals surface area contributed by atoms with E-state index in [-0.39, 0.29) is 24.4 Å². The quantitative estimate of drug-likeness (QED) is 0.883. The van der Waals surface area contributed by atoms with Crippen molar-refractivity contribution in [1.29, 1.82) is 0 Å². The van der Waals surface area contributed by atoms with Gasteiger partial charge < -0.3 is 14.7 Å². The molecule has 3 rings (SSSR count). The Hall–Kier alpha value is -1.92. The summed E-state index contributed by atoms with van der Waals surface area (Å²) in [5.74, 6) is 1.22. The van der Waals surface area contributed by atoms with Gasteiger partial charge in [-0.05, 0) is 45.9 Å². The zero-order chi connectivity index (χ0) is 17.2. The predicted octanol–water partition coefficient (Wildman–Crippen LogP) is 2.79. The number of likely N-dealkylation sites (tertiary alicyclic amines) is 1. The number of amides is 1. The van der Waals surface area contributed by atoms with Crippen LogP contribution >= 0.6 is 12.4 Å². The van der Waals surface area contributed by atoms with Crippen LogP contribution in [0, 0.1) is 0 Å². The lowest BCUT2D eigenvalue weighted by molar-refractivity contribution is 0.0551. The highest BCUT2D eigenvalue weighted by Crippen LogP contribution is 2.38. The molecule has 2 aromatic rings. The minimum atomic E-state index is -0.541. The topological polar surface area (TPSA) is 71.3 Å². The van der Waals surface area contributed by atoms with Gasteiger partial charge in [-0.25, -0.2) is 0 Å². The molecule has 1 aliphatic heterocycles. The molecule has 0 aliphatic carbocycles. The highest BCUT2D eigenvalue weighted by Gasteiger charge is 2.45. The van der Waals surface area contributed by atoms with E-state index < -0.39 is 5.54 Å². The smallest absolute Gasteiger partial charge is 0.254 e. The molecule has 2 heterocycles. The normalized spacial score (nSPS) is 21.0. The Morgan fingerprint density at radius 2 is 2.12 bits per heavy atom. The van der Waals surface area contributed by atoms with Gasteiger partial charge in [-0.2, -0.15) is 4.98 Å². The third-order valence-electron chi connectivity index (χ3n) is 4.82. The predicted molar refractivity (Wildman–Crippen MR) is 97.8 cm³/mol. The number of hydrogen-bond donors (Lipinski definition) is 1. The van der Waals surface area contributed by atoms with Crippen molar-refractivity contribution < 1.29 is 9.32 Å². The second-order valence-corrected chi connectivity index (χ2v) is 6.61. The molecule has 1 aromatic heterocycles. The van der Waals surface area contributed by atoms with Crippen molar-refractivity contribution in [2.75, 3.05) is 13.6 Å². The molecule has 0 spiro atoms. The van der Waals surface area contributed by atoms with E-state index in [4.69, 9.17) is 4.52 Å². The fraction of sp³-hybridized carbons (Fsp3) is 0.500. The molecule has 25 heavy (non-hydrogen) atoms. The zero-order valence-corrected chi connectivity index (χ0v) is 15.7. The summed E-state index contributed by atoms with van der Waals surface area (Å²) in [6.45, 7) is 4.78. The van der Waals surface area contributed by atoms with E-state index >= 15 is 0 Å². The monoisotopic (exact) mass is 364 g/mol. The molecule has 1 aromatic carbocycles. The van der Waals surface area contributed by atoms with Crippen molar-refractivity contribution in [2.24, 2.45) is 0 Å². The summed E-state index contributed by atoms with van der Waals surface area (Å²) in [7, 11) is 1.91. The molecule has 2 atom stereocenters. The number of halogens is 1. The summed E-state index contributed by atoms with van der Waals surface area (Å²) < 4.78 is 5.53. The first-order valence-electron chi connectivity index (χ1n) is 8.42. The fourth-order valence-corrected chi connectivity index (χ4v) is 3.18. The summed E-state index contributed by atoms with van der Waals surface area (Å²) in [4.78, 5) is 19.3. The second kappa shape index (κ2) is 7.97. The third kappa shape index (κ3) is 3.85. The molecule has 0 bridgehead atoms. The molecule has 6 nitrogen and oxygen atoms in total. The van der Waals surface area contributed by atoms with Gasteiger partial charge in [0.2, 0.25) is 0 Å². The van der Waals surface area contributed by atoms with Crippen LogP contribution in [0.25, 0.3) is 0 Å². The van der Waals surface area contributed by atoms with E-state index in [1.807, 2.05) is 49.2 Å². The maximum atomic E-state index is 12.9. The van der Waals surface area contributed by atoms with Crippen LogP contribution in [0.5, 0.6) is 0 Å². The van der Waals surface area contributed by atoms with Crippen LogP contribution in [0.1, 0.15) is 48.8 Å². The standard InChI is InChI=1S/C18H24N4O2.ClH/c1-13(19-3)12-15-20-17(24-21-15)18(2)10-7-11-22(18)16(23)14-8-5-4-6-9-14;/h4-6,8-9,13,19H,7,10-12H2,1-3H3;1H. The average Bonchev–Trinajstić information content (AvgIpc) is 3.22. The van der Waals surface area contributed by atoms with Crippen molar-refractivity contribution >= 4 is 18.3 Å². The van der Waals surface area contributed by atoms with Gasteiger partial charge in [0.05, 0.1) is 0 Å². The lowest BCUT2D eigenvalue weighted by Gasteiger charge is -2.32. The van der Waals surface area contributed by atoms with E-state index in [0.717, 1.165) is 12.8 Å². The molecule has 2 unspecified atom stereocenters. The summed E-state index contributed by atoms with van der Waals surface area (Å²) in [5.41, 5.74) is 0.148. The molecular weight excluding hydrogens is 340 g/mol. The van der Waals surface area contributed by atoms with Gasteiger partial charge >= 0.3 is 0 Å². The molecule has 1 amide bonds. The van der Waals surface area contributed by atoms with Gasteiger partial charge in [-0.3, -0.25) is 4.79 Å². The molecule has 7 heteroatoms. The molecule has 0 saturated carbocycles. The Morgan fingerprint density at radius 3 is 2.80 bits per heavy atom. The maximum Gasteiger partial charge on any atom is 0.254 e. The number of hydrogen-bond acceptors (Lipinski definition) is 5. The van der Waals surface area contributed by atoms with Gasteiger partial charge in [0.1, 0.15) is 5.54 Å². The number of benzene rings is 1. The summed E-state index contributed by atoms with van der Waals surface area (Å²) >= 11 is 0. The van der Waals surface area contributed by atoms with Gasteiger partial charge in [0.25, 0.3) is 11.8 Å². The Morgan fingerprint density at radius 1 is 1.40 bits per heavy atom. The van der Waals surface area contributed by atoms with Crippen molar-refractivity contribution in [1.82, 2.24) is 20.4 Å². The van der Waals surface area contributed by atoms with Crippen molar-refractivity contribution in [3.05, 3.63) is 47.6 Å². The highest BCUT2D eigenvalue weighted by molar-refractivity contribution is 5.94. The van der Waals surface area contributed by atoms with Crippen molar-refractivity contribution in [3.63, 3.8) is 0 Å². The molecular formula is C18H25ClN4O2. The van der Waals surface area contributed by atoms with Crippen molar-refractivity contribution in [2.45, 2.75) is 44.7 Å². The second-order valence-electron chi connectivity index (χ2n) is 6.61. The molecule has 1 fully saturated rings. The zero-order valence-electron chi connectivity index (χ0n) is 14.9. The number of carbonyl (C=O) groups is 1. The number of nitrogens with zero attached hydrogens (tertiary/aromatic N) is 3. The van der Waals surface area contributed by atoms with Crippen LogP contribution in [-0.2, 0) is 12.0 Å². The highest BCUT2D eigenvalue weighted by atomic mass is 35.5. The Labute approximate surface area is 154 Å². The van der Waals surface area contributed by atoms with Crippen LogP contribution in [0.15, 0.2) is 34.9 Å². The third-order valence-corrected chi connectivity index (χ3v) is 4.82. The van der Waals surface area contributed by atoms with Crippen LogP contribution in [0.2, 0.25) is 0 Å². The number of nitrogens with one attached hydrogen (secondary N) is 1. The molecule has 136 valence electrons. The SMILES string of the molecule is CNC(C)Cc1noc(C2(C)CCCN2C(=O)c2ccccc2)n1.Cl. The van der Waals surface area contributed by atoms with Crippen LogP contribution in [0.3, 0.4) is 0 Å². The minimum absolute atomic E-state index is 0. The fourth-order valence-electron chi connectivity index (χ4n) is 3.18. The minimum Gasteiger partial charge on any atom is -0.337 e. The van der Waals surface area contributed by atoms with Crippen molar-refractivity contribution in [3.8, 4) is 0 Å². The van der Waals surface area contributed by atoms with Crippen LogP contribution in [-0.4, -0.2) is 40.6 Å². The Balaban J connectivity index is 0.00000225. The summed E-state index contributed by atoms with van der Waals surface area (Å²) in [6.07, 6.45) is 2.46. The number of likely N-dealkylation sites (N-methyl/N-ethyl adjacent to an activating group) is 1. The maximum absolute atomic E-state index is 12.9. The number of carbonyl (C=O) groups excluding carboxylic acids is 1. The van der Waals surface area contributed by atoms with E-state index in [1.165, 1.54) is 0 Å². The Kier molecular flexibility index (Phi) is 6.19. The lowest BCUT2D eigenvalue weighted by Crippen LogP contribution is -2.43. The van der Waals surface area contributed by atoms with Gasteiger partial charge in [0, 0.05) is 24.6 Å². The van der Waals surface area contributed by atoms with Crippen LogP contribution < -0.4 is 5.32 Å². The van der Waals surface area contributed by atoms with E-state index in [9.17, 15) is 4.79 Å². The van der Waals surface area contributed by atoms with E-state index in [1.54, 1.807) is 0 Å². The first-order valence-corrected chi connectivity index (χ1v) is 8.42. The average molecular weight is 365 g/mol. The van der Waals surface area contributed by atoms with E-state index in [2.05, 4.69) is 22.4 Å². The molecule has 1 N–H and O–H groups in total. The van der Waals surface area contributed by atoms with Gasteiger partial charge in [0.15, 0.2) is 5.82 Å². The lowest BCUT2D eigenvalue weighted by atomic mass is 9.98. The van der Waals surface area contributed by atoms with Crippen LogP contribution in [0.4, 0.5) is 0 Å². The number of rotatable bonds is 5. The number of aromatic nitrogens is 2. The molecule has 0 radical (unpaired) electrons. The largest absolute Gasteiger partial charge is 0.337 e.